The van der Waals surface area contributed by atoms with Gasteiger partial charge in [-0.3, -0.25) is 4.79 Å². The molecule has 1 amide bonds. The first-order valence-corrected chi connectivity index (χ1v) is 9.36. The monoisotopic (exact) mass is 440 g/mol. The van der Waals surface area contributed by atoms with Gasteiger partial charge in [-0.25, -0.2) is 4.79 Å². The molecule has 2 aromatic carbocycles. The Hall–Kier alpha value is -3.53. The molecule has 0 aliphatic rings. The number of hydrogen-bond acceptors (Lipinski definition) is 4. The number of aromatic carboxylic acids is 1. The standard InChI is InChI=1S/C22H14Cl2N2O4/c1-12-2-4-15(10-19(12)24)26-21(27)14(11-25)8-16-5-7-20(30-16)13-3-6-18(23)17(9-13)22(28)29/h2-10H,1H3,(H,26,27)(H,28,29)/b14-8-. The average molecular weight is 441 g/mol. The van der Waals surface area contributed by atoms with Gasteiger partial charge in [0, 0.05) is 22.3 Å². The number of rotatable bonds is 5. The molecule has 0 saturated carbocycles. The Morgan fingerprint density at radius 1 is 1.10 bits per heavy atom. The number of nitrogens with one attached hydrogen (secondary N) is 1. The highest BCUT2D eigenvalue weighted by atomic mass is 35.5. The van der Waals surface area contributed by atoms with Gasteiger partial charge in [-0.05, 0) is 55.0 Å². The van der Waals surface area contributed by atoms with Crippen LogP contribution in [0.3, 0.4) is 0 Å². The predicted molar refractivity (Wildman–Crippen MR) is 115 cm³/mol. The molecule has 0 saturated heterocycles. The second-order valence-corrected chi connectivity index (χ2v) is 7.10. The number of amides is 1. The molecule has 150 valence electrons. The van der Waals surface area contributed by atoms with Gasteiger partial charge >= 0.3 is 5.97 Å². The van der Waals surface area contributed by atoms with Crippen molar-refractivity contribution >= 4 is 46.8 Å². The van der Waals surface area contributed by atoms with E-state index >= 15 is 0 Å². The van der Waals surface area contributed by atoms with Gasteiger partial charge in [0.1, 0.15) is 23.2 Å². The summed E-state index contributed by atoms with van der Waals surface area (Å²) in [5.41, 5.74) is 1.58. The van der Waals surface area contributed by atoms with Crippen LogP contribution in [0, 0.1) is 18.3 Å². The van der Waals surface area contributed by atoms with E-state index in [-0.39, 0.29) is 21.9 Å². The first kappa shape index (κ1) is 21.2. The van der Waals surface area contributed by atoms with E-state index in [1.165, 1.54) is 18.2 Å². The maximum absolute atomic E-state index is 12.4. The van der Waals surface area contributed by atoms with Crippen LogP contribution in [0.4, 0.5) is 5.69 Å². The van der Waals surface area contributed by atoms with Gasteiger partial charge in [0.2, 0.25) is 0 Å². The van der Waals surface area contributed by atoms with Crippen molar-refractivity contribution in [3.63, 3.8) is 0 Å². The van der Waals surface area contributed by atoms with Gasteiger partial charge in [0.15, 0.2) is 0 Å². The molecule has 0 bridgehead atoms. The number of carboxylic acids is 1. The summed E-state index contributed by atoms with van der Waals surface area (Å²) in [6.07, 6.45) is 1.29. The third-order valence-corrected chi connectivity index (χ3v) is 4.93. The van der Waals surface area contributed by atoms with Crippen molar-refractivity contribution in [2.24, 2.45) is 0 Å². The molecule has 0 spiro atoms. The summed E-state index contributed by atoms with van der Waals surface area (Å²) in [5, 5.41) is 21.8. The lowest BCUT2D eigenvalue weighted by Crippen LogP contribution is -2.13. The van der Waals surface area contributed by atoms with E-state index in [0.717, 1.165) is 5.56 Å². The summed E-state index contributed by atoms with van der Waals surface area (Å²) in [5.74, 6) is -1.16. The van der Waals surface area contributed by atoms with Crippen molar-refractivity contribution in [2.75, 3.05) is 5.32 Å². The number of carbonyl (C=O) groups is 2. The first-order chi connectivity index (χ1) is 14.3. The fraction of sp³-hybridized carbons (Fsp3) is 0.0455. The molecule has 1 aromatic heterocycles. The lowest BCUT2D eigenvalue weighted by molar-refractivity contribution is -0.112. The van der Waals surface area contributed by atoms with Gasteiger partial charge in [-0.1, -0.05) is 29.3 Å². The van der Waals surface area contributed by atoms with E-state index in [1.54, 1.807) is 36.4 Å². The van der Waals surface area contributed by atoms with Gasteiger partial charge < -0.3 is 14.8 Å². The Kier molecular flexibility index (Phi) is 6.26. The topological polar surface area (TPSA) is 103 Å². The van der Waals surface area contributed by atoms with E-state index < -0.39 is 11.9 Å². The van der Waals surface area contributed by atoms with Crippen LogP contribution in [0.1, 0.15) is 21.7 Å². The van der Waals surface area contributed by atoms with Crippen LogP contribution < -0.4 is 5.32 Å². The van der Waals surface area contributed by atoms with Gasteiger partial charge in [0.25, 0.3) is 5.91 Å². The number of halogens is 2. The number of hydrogen-bond donors (Lipinski definition) is 2. The molecule has 0 aliphatic heterocycles. The second-order valence-electron chi connectivity index (χ2n) is 6.29. The Labute approximate surface area is 182 Å². The van der Waals surface area contributed by atoms with Crippen LogP contribution in [0.5, 0.6) is 0 Å². The summed E-state index contributed by atoms with van der Waals surface area (Å²) in [7, 11) is 0. The summed E-state index contributed by atoms with van der Waals surface area (Å²) >= 11 is 11.9. The maximum atomic E-state index is 12.4. The number of anilines is 1. The molecular weight excluding hydrogens is 427 g/mol. The van der Waals surface area contributed by atoms with Crippen LogP contribution >= 0.6 is 23.2 Å². The first-order valence-electron chi connectivity index (χ1n) is 8.61. The van der Waals surface area contributed by atoms with E-state index in [4.69, 9.17) is 27.6 Å². The van der Waals surface area contributed by atoms with Crippen molar-refractivity contribution in [1.29, 1.82) is 5.26 Å². The quantitative estimate of drug-likeness (QED) is 0.385. The molecule has 0 unspecified atom stereocenters. The molecule has 30 heavy (non-hydrogen) atoms. The Morgan fingerprint density at radius 3 is 2.53 bits per heavy atom. The summed E-state index contributed by atoms with van der Waals surface area (Å²) in [6.45, 7) is 1.84. The highest BCUT2D eigenvalue weighted by Crippen LogP contribution is 2.28. The molecule has 0 fully saturated rings. The molecule has 3 rings (SSSR count). The third-order valence-electron chi connectivity index (χ3n) is 4.19. The lowest BCUT2D eigenvalue weighted by Gasteiger charge is -2.06. The smallest absolute Gasteiger partial charge is 0.337 e. The fourth-order valence-electron chi connectivity index (χ4n) is 2.59. The summed E-state index contributed by atoms with van der Waals surface area (Å²) < 4.78 is 5.65. The molecule has 1 heterocycles. The highest BCUT2D eigenvalue weighted by molar-refractivity contribution is 6.33. The number of nitrogens with zero attached hydrogens (tertiary/aromatic N) is 1. The molecule has 6 nitrogen and oxygen atoms in total. The zero-order chi connectivity index (χ0) is 21.8. The minimum atomic E-state index is -1.16. The largest absolute Gasteiger partial charge is 0.478 e. The zero-order valence-corrected chi connectivity index (χ0v) is 17.1. The van der Waals surface area contributed by atoms with Crippen LogP contribution in [0.15, 0.2) is 58.5 Å². The summed E-state index contributed by atoms with van der Waals surface area (Å²) in [6, 6.07) is 14.5. The van der Waals surface area contributed by atoms with E-state index in [2.05, 4.69) is 5.32 Å². The van der Waals surface area contributed by atoms with Gasteiger partial charge in [-0.15, -0.1) is 0 Å². The molecule has 0 radical (unpaired) electrons. The minimum absolute atomic E-state index is 0.0588. The molecule has 0 aliphatic carbocycles. The van der Waals surface area contributed by atoms with E-state index in [9.17, 15) is 20.0 Å². The van der Waals surface area contributed by atoms with Crippen molar-refractivity contribution < 1.29 is 19.1 Å². The zero-order valence-electron chi connectivity index (χ0n) is 15.6. The Bertz CT molecular complexity index is 1220. The van der Waals surface area contributed by atoms with Crippen LogP contribution in [-0.4, -0.2) is 17.0 Å². The van der Waals surface area contributed by atoms with Gasteiger partial charge in [0.05, 0.1) is 10.6 Å². The summed E-state index contributed by atoms with van der Waals surface area (Å²) in [4.78, 5) is 23.7. The van der Waals surface area contributed by atoms with Crippen LogP contribution in [0.2, 0.25) is 10.0 Å². The van der Waals surface area contributed by atoms with Crippen molar-refractivity contribution in [2.45, 2.75) is 6.92 Å². The van der Waals surface area contributed by atoms with Crippen LogP contribution in [-0.2, 0) is 4.79 Å². The Balaban J connectivity index is 1.84. The molecule has 2 N–H and O–H groups in total. The number of carboxylic acid groups (broad SMARTS) is 1. The van der Waals surface area contributed by atoms with Crippen molar-refractivity contribution in [1.82, 2.24) is 0 Å². The number of aryl methyl sites for hydroxylation is 1. The third kappa shape index (κ3) is 4.71. The van der Waals surface area contributed by atoms with Gasteiger partial charge in [-0.2, -0.15) is 5.26 Å². The van der Waals surface area contributed by atoms with Crippen molar-refractivity contribution in [3.05, 3.63) is 81.0 Å². The average Bonchev–Trinajstić information content (AvgIpc) is 3.17. The number of carbonyl (C=O) groups excluding carboxylic acids is 1. The maximum Gasteiger partial charge on any atom is 0.337 e. The highest BCUT2D eigenvalue weighted by Gasteiger charge is 2.14. The fourth-order valence-corrected chi connectivity index (χ4v) is 2.97. The molecular formula is C22H14Cl2N2O4. The number of nitriles is 1. The minimum Gasteiger partial charge on any atom is -0.478 e. The Morgan fingerprint density at radius 2 is 1.87 bits per heavy atom. The SMILES string of the molecule is Cc1ccc(NC(=O)/C(C#N)=C\c2ccc(-c3ccc(Cl)c(C(=O)O)c3)o2)cc1Cl. The number of furan rings is 1. The van der Waals surface area contributed by atoms with E-state index in [0.29, 0.717) is 22.0 Å². The molecule has 3 aromatic rings. The normalized spacial score (nSPS) is 11.1. The van der Waals surface area contributed by atoms with E-state index in [1.807, 2.05) is 13.0 Å². The second kappa shape index (κ2) is 8.87. The predicted octanol–water partition coefficient (Wildman–Crippen LogP) is 5.81. The molecule has 0 atom stereocenters. The lowest BCUT2D eigenvalue weighted by atomic mass is 10.1. The molecule has 8 heteroatoms. The number of benzene rings is 2. The van der Waals surface area contributed by atoms with Crippen molar-refractivity contribution in [3.8, 4) is 17.4 Å². The van der Waals surface area contributed by atoms with Crippen LogP contribution in [0.25, 0.3) is 17.4 Å².